The molecule has 1 amide bonds. The van der Waals surface area contributed by atoms with Gasteiger partial charge < -0.3 is 14.4 Å². The van der Waals surface area contributed by atoms with Crippen LogP contribution in [0.1, 0.15) is 30.0 Å². The Morgan fingerprint density at radius 1 is 1.00 bits per heavy atom. The third-order valence-electron chi connectivity index (χ3n) is 7.12. The molecule has 1 aliphatic rings. The molecule has 0 aliphatic carbocycles. The van der Waals surface area contributed by atoms with Gasteiger partial charge >= 0.3 is 0 Å². The van der Waals surface area contributed by atoms with Crippen LogP contribution in [0.2, 0.25) is 5.02 Å². The maximum absolute atomic E-state index is 14.0. The number of aromatic nitrogens is 2. The van der Waals surface area contributed by atoms with Crippen molar-refractivity contribution in [3.05, 3.63) is 93.5 Å². The van der Waals surface area contributed by atoms with E-state index in [9.17, 15) is 14.4 Å². The van der Waals surface area contributed by atoms with E-state index in [2.05, 4.69) is 20.8 Å². The molecular formula is C32H32BrClN4O5. The first kappa shape index (κ1) is 30.7. The Morgan fingerprint density at radius 3 is 2.42 bits per heavy atom. The van der Waals surface area contributed by atoms with E-state index in [4.69, 9.17) is 26.1 Å². The molecule has 4 aromatic rings. The minimum Gasteiger partial charge on any atom is -0.489 e. The third kappa shape index (κ3) is 7.26. The average molecular weight is 668 g/mol. The first-order chi connectivity index (χ1) is 20.7. The number of fused-ring (bicyclic) bond motifs is 1. The number of ether oxygens (including phenoxy) is 2. The monoisotopic (exact) mass is 666 g/mol. The lowest BCUT2D eigenvalue weighted by Gasteiger charge is -2.34. The Hall–Kier alpha value is -3.73. The molecule has 1 saturated heterocycles. The summed E-state index contributed by atoms with van der Waals surface area (Å²) in [4.78, 5) is 48.3. The van der Waals surface area contributed by atoms with Gasteiger partial charge in [-0.25, -0.2) is 4.98 Å². The molecule has 43 heavy (non-hydrogen) atoms. The van der Waals surface area contributed by atoms with Gasteiger partial charge in [0.2, 0.25) is 0 Å². The lowest BCUT2D eigenvalue weighted by atomic mass is 10.1. The van der Waals surface area contributed by atoms with Gasteiger partial charge in [-0.05, 0) is 68.4 Å². The molecule has 5 rings (SSSR count). The van der Waals surface area contributed by atoms with Crippen LogP contribution in [0.3, 0.4) is 0 Å². The largest absolute Gasteiger partial charge is 0.489 e. The van der Waals surface area contributed by atoms with E-state index in [0.29, 0.717) is 77.2 Å². The first-order valence-corrected chi connectivity index (χ1v) is 15.5. The van der Waals surface area contributed by atoms with Gasteiger partial charge in [-0.2, -0.15) is 0 Å². The van der Waals surface area contributed by atoms with Crippen molar-refractivity contribution in [2.75, 3.05) is 38.1 Å². The molecule has 11 heteroatoms. The van der Waals surface area contributed by atoms with E-state index < -0.39 is 0 Å². The van der Waals surface area contributed by atoms with Gasteiger partial charge in [0.25, 0.3) is 11.5 Å². The number of benzene rings is 3. The van der Waals surface area contributed by atoms with Crippen LogP contribution in [-0.4, -0.2) is 75.3 Å². The van der Waals surface area contributed by atoms with Gasteiger partial charge in [0.15, 0.2) is 12.4 Å². The second-order valence-corrected chi connectivity index (χ2v) is 11.5. The Labute approximate surface area is 263 Å². The Balaban J connectivity index is 1.41. The molecule has 2 heterocycles. The van der Waals surface area contributed by atoms with E-state index in [1.807, 2.05) is 26.0 Å². The number of nitrogens with zero attached hydrogens (tertiary/aromatic N) is 4. The van der Waals surface area contributed by atoms with Crippen LogP contribution in [0.5, 0.6) is 11.5 Å². The van der Waals surface area contributed by atoms with Gasteiger partial charge in [-0.3, -0.25) is 23.9 Å². The highest BCUT2D eigenvalue weighted by molar-refractivity contribution is 9.09. The summed E-state index contributed by atoms with van der Waals surface area (Å²) in [6.45, 7) is 6.32. The van der Waals surface area contributed by atoms with Gasteiger partial charge in [0, 0.05) is 36.8 Å². The number of amides is 1. The molecule has 0 spiro atoms. The zero-order chi connectivity index (χ0) is 30.5. The van der Waals surface area contributed by atoms with Crippen molar-refractivity contribution in [2.24, 2.45) is 0 Å². The molecule has 9 nitrogen and oxygen atoms in total. The molecule has 0 saturated carbocycles. The topological polar surface area (TPSA) is 94.0 Å². The van der Waals surface area contributed by atoms with E-state index in [1.54, 1.807) is 64.1 Å². The Bertz CT molecular complexity index is 1680. The Kier molecular flexibility index (Phi) is 9.79. The van der Waals surface area contributed by atoms with Gasteiger partial charge in [-0.1, -0.05) is 39.7 Å². The average Bonchev–Trinajstić information content (AvgIpc) is 3.01. The van der Waals surface area contributed by atoms with Crippen LogP contribution in [0.15, 0.2) is 71.5 Å². The summed E-state index contributed by atoms with van der Waals surface area (Å²) in [7, 11) is 0. The summed E-state index contributed by atoms with van der Waals surface area (Å²) >= 11 is 9.17. The number of hydrogen-bond donors (Lipinski definition) is 0. The molecule has 0 bridgehead atoms. The maximum Gasteiger partial charge on any atom is 0.266 e. The normalized spacial score (nSPS) is 13.8. The zero-order valence-corrected chi connectivity index (χ0v) is 26.3. The molecule has 0 radical (unpaired) electrons. The highest BCUT2D eigenvalue weighted by atomic mass is 79.9. The molecule has 0 N–H and O–H groups in total. The van der Waals surface area contributed by atoms with Crippen molar-refractivity contribution >= 4 is 50.1 Å². The molecule has 1 aromatic heterocycles. The number of piperazine rings is 1. The maximum atomic E-state index is 14.0. The molecule has 224 valence electrons. The highest BCUT2D eigenvalue weighted by Crippen LogP contribution is 2.27. The number of rotatable bonds is 10. The summed E-state index contributed by atoms with van der Waals surface area (Å²) in [5, 5.41) is 1.22. The van der Waals surface area contributed by atoms with Crippen molar-refractivity contribution < 1.29 is 19.1 Å². The second-order valence-electron chi connectivity index (χ2n) is 10.5. The van der Waals surface area contributed by atoms with Gasteiger partial charge in [0.05, 0.1) is 34.6 Å². The second kappa shape index (κ2) is 13.7. The summed E-state index contributed by atoms with van der Waals surface area (Å²) < 4.78 is 13.3. The standard InChI is InChI=1S/C32H32BrClN4O5/c1-21(2)43-29-12-7-22(28(39)18-33)17-27(29)38-30(35-26-6-4-3-5-25(26)32(38)41)19-36-13-15-37(16-14-36)31(40)20-42-24-10-8-23(34)9-11-24/h3-12,17,21H,13-16,18-20H2,1-2H3. The van der Waals surface area contributed by atoms with E-state index in [-0.39, 0.29) is 35.3 Å². The number of hydrogen-bond acceptors (Lipinski definition) is 7. The van der Waals surface area contributed by atoms with Crippen molar-refractivity contribution in [3.8, 4) is 17.2 Å². The van der Waals surface area contributed by atoms with Crippen LogP contribution in [0, 0.1) is 0 Å². The number of alkyl halides is 1. The number of carbonyl (C=O) groups excluding carboxylic acids is 2. The molecule has 0 atom stereocenters. The van der Waals surface area contributed by atoms with Crippen molar-refractivity contribution in [2.45, 2.75) is 26.5 Å². The van der Waals surface area contributed by atoms with E-state index >= 15 is 0 Å². The first-order valence-electron chi connectivity index (χ1n) is 14.0. The van der Waals surface area contributed by atoms with Crippen molar-refractivity contribution in [1.82, 2.24) is 19.4 Å². The fourth-order valence-corrected chi connectivity index (χ4v) is 5.40. The molecule has 1 aliphatic heterocycles. The fraction of sp³-hybridized carbons (Fsp3) is 0.312. The van der Waals surface area contributed by atoms with E-state index in [0.717, 1.165) is 0 Å². The molecule has 1 fully saturated rings. The van der Waals surface area contributed by atoms with Gasteiger partial charge in [0.1, 0.15) is 17.3 Å². The fourth-order valence-electron chi connectivity index (χ4n) is 4.95. The lowest BCUT2D eigenvalue weighted by Crippen LogP contribution is -2.50. The minimum atomic E-state index is -0.245. The third-order valence-corrected chi connectivity index (χ3v) is 7.88. The van der Waals surface area contributed by atoms with Gasteiger partial charge in [-0.15, -0.1) is 0 Å². The summed E-state index contributed by atoms with van der Waals surface area (Å²) in [6.07, 6.45) is -0.154. The number of halogens is 2. The summed E-state index contributed by atoms with van der Waals surface area (Å²) in [5.41, 5.74) is 1.27. The molecule has 0 unspecified atom stereocenters. The number of carbonyl (C=O) groups is 2. The zero-order valence-electron chi connectivity index (χ0n) is 24.0. The van der Waals surface area contributed by atoms with E-state index in [1.165, 1.54) is 0 Å². The minimum absolute atomic E-state index is 0.0600. The highest BCUT2D eigenvalue weighted by Gasteiger charge is 2.25. The quantitative estimate of drug-likeness (QED) is 0.171. The molecule has 3 aromatic carbocycles. The number of ketones is 1. The predicted molar refractivity (Wildman–Crippen MR) is 170 cm³/mol. The number of para-hydroxylation sites is 1. The smallest absolute Gasteiger partial charge is 0.266 e. The van der Waals surface area contributed by atoms with Crippen molar-refractivity contribution in [1.29, 1.82) is 0 Å². The van der Waals surface area contributed by atoms with Crippen LogP contribution >= 0.6 is 27.5 Å². The Morgan fingerprint density at radius 2 is 1.72 bits per heavy atom. The van der Waals surface area contributed by atoms with Crippen LogP contribution in [-0.2, 0) is 11.3 Å². The predicted octanol–water partition coefficient (Wildman–Crippen LogP) is 5.13. The van der Waals surface area contributed by atoms with Crippen molar-refractivity contribution in [3.63, 3.8) is 0 Å². The SMILES string of the molecule is CC(C)Oc1ccc(C(=O)CBr)cc1-n1c(CN2CCN(C(=O)COc3ccc(Cl)cc3)CC2)nc2ccccc2c1=O. The molecular weight excluding hydrogens is 636 g/mol. The lowest BCUT2D eigenvalue weighted by molar-refractivity contribution is -0.135. The number of Topliss-reactive ketones (excluding diaryl/α,β-unsaturated/α-hetero) is 1. The summed E-state index contributed by atoms with van der Waals surface area (Å²) in [5.74, 6) is 1.38. The van der Waals surface area contributed by atoms with Crippen LogP contribution in [0.25, 0.3) is 16.6 Å². The summed E-state index contributed by atoms with van der Waals surface area (Å²) in [6, 6.07) is 19.2. The van der Waals surface area contributed by atoms with Crippen LogP contribution in [0.4, 0.5) is 0 Å². The van der Waals surface area contributed by atoms with Crippen LogP contribution < -0.4 is 15.0 Å².